The van der Waals surface area contributed by atoms with Crippen molar-refractivity contribution in [3.8, 4) is 5.75 Å². The van der Waals surface area contributed by atoms with Crippen LogP contribution in [0.2, 0.25) is 0 Å². The van der Waals surface area contributed by atoms with Crippen LogP contribution in [0, 0.1) is 0 Å². The second-order valence-corrected chi connectivity index (χ2v) is 4.13. The molecule has 0 fully saturated rings. The fourth-order valence-corrected chi connectivity index (χ4v) is 1.80. The van der Waals surface area contributed by atoms with E-state index in [1.54, 1.807) is 19.2 Å². The highest BCUT2D eigenvalue weighted by molar-refractivity contribution is 5.97. The van der Waals surface area contributed by atoms with Crippen LogP contribution in [0.25, 0.3) is 0 Å². The minimum absolute atomic E-state index is 0.0859. The molecule has 0 saturated carbocycles. The third-order valence-electron chi connectivity index (χ3n) is 2.65. The number of hydrogen-bond acceptors (Lipinski definition) is 4. The van der Waals surface area contributed by atoms with Gasteiger partial charge in [-0.1, -0.05) is 12.1 Å². The molecule has 5 heteroatoms. The molecule has 0 aliphatic heterocycles. The number of rotatable bonds is 8. The van der Waals surface area contributed by atoms with Crippen molar-refractivity contribution < 1.29 is 14.3 Å². The number of para-hydroxylation sites is 1. The Hall–Kier alpha value is -1.59. The Morgan fingerprint density at radius 3 is 2.79 bits per heavy atom. The Labute approximate surface area is 114 Å². The summed E-state index contributed by atoms with van der Waals surface area (Å²) in [5.74, 6) is 0.422. The average Bonchev–Trinajstić information content (AvgIpc) is 2.40. The van der Waals surface area contributed by atoms with Gasteiger partial charge in [-0.25, -0.2) is 0 Å². The fraction of sp³-hybridized carbons (Fsp3) is 0.500. The summed E-state index contributed by atoms with van der Waals surface area (Å²) in [5, 5.41) is 2.91. The molecule has 1 amide bonds. The maximum absolute atomic E-state index is 12.2. The molecule has 0 heterocycles. The molecule has 0 aromatic heterocycles. The van der Waals surface area contributed by atoms with E-state index in [0.29, 0.717) is 37.5 Å². The summed E-state index contributed by atoms with van der Waals surface area (Å²) in [6.07, 6.45) is 0.677. The number of amides is 1. The summed E-state index contributed by atoms with van der Waals surface area (Å²) in [7, 11) is 1.60. The molecule has 1 atom stereocenters. The van der Waals surface area contributed by atoms with Gasteiger partial charge in [0.15, 0.2) is 0 Å². The Kier molecular flexibility index (Phi) is 6.92. The molecular formula is C14H22N2O3. The van der Waals surface area contributed by atoms with Crippen LogP contribution in [-0.2, 0) is 4.74 Å². The first-order valence-corrected chi connectivity index (χ1v) is 6.44. The smallest absolute Gasteiger partial charge is 0.255 e. The van der Waals surface area contributed by atoms with Crippen LogP contribution in [0.15, 0.2) is 24.3 Å². The highest BCUT2D eigenvalue weighted by Gasteiger charge is 2.16. The zero-order valence-corrected chi connectivity index (χ0v) is 11.5. The zero-order chi connectivity index (χ0) is 14.1. The third kappa shape index (κ3) is 4.89. The van der Waals surface area contributed by atoms with E-state index in [-0.39, 0.29) is 11.9 Å². The predicted molar refractivity (Wildman–Crippen MR) is 74.4 cm³/mol. The number of ether oxygens (including phenoxy) is 2. The molecule has 3 N–H and O–H groups in total. The van der Waals surface area contributed by atoms with Crippen molar-refractivity contribution in [1.82, 2.24) is 5.32 Å². The lowest BCUT2D eigenvalue weighted by molar-refractivity contribution is 0.0889. The molecule has 0 aliphatic carbocycles. The number of carbonyl (C=O) groups excluding carboxylic acids is 1. The van der Waals surface area contributed by atoms with Crippen molar-refractivity contribution in [3.63, 3.8) is 0 Å². The minimum Gasteiger partial charge on any atom is -0.493 e. The van der Waals surface area contributed by atoms with E-state index in [9.17, 15) is 4.79 Å². The Balaban J connectivity index is 2.75. The molecule has 0 spiro atoms. The number of hydrogen-bond donors (Lipinski definition) is 2. The van der Waals surface area contributed by atoms with Crippen molar-refractivity contribution >= 4 is 5.91 Å². The van der Waals surface area contributed by atoms with Gasteiger partial charge in [0.25, 0.3) is 5.91 Å². The van der Waals surface area contributed by atoms with Gasteiger partial charge in [-0.3, -0.25) is 4.79 Å². The Morgan fingerprint density at radius 1 is 1.42 bits per heavy atom. The van der Waals surface area contributed by atoms with Crippen molar-refractivity contribution in [3.05, 3.63) is 29.8 Å². The van der Waals surface area contributed by atoms with E-state index in [0.717, 1.165) is 0 Å². The molecule has 5 nitrogen and oxygen atoms in total. The SMILES string of the molecule is CCOc1ccccc1C(=O)NC(CCN)COC. The van der Waals surface area contributed by atoms with E-state index in [1.807, 2.05) is 19.1 Å². The van der Waals surface area contributed by atoms with Crippen LogP contribution < -0.4 is 15.8 Å². The summed E-state index contributed by atoms with van der Waals surface area (Å²) in [5.41, 5.74) is 6.05. The highest BCUT2D eigenvalue weighted by atomic mass is 16.5. The fourth-order valence-electron chi connectivity index (χ4n) is 1.80. The molecule has 0 radical (unpaired) electrons. The monoisotopic (exact) mass is 266 g/mol. The lowest BCUT2D eigenvalue weighted by atomic mass is 10.1. The molecule has 0 aliphatic rings. The first-order chi connectivity index (χ1) is 9.22. The van der Waals surface area contributed by atoms with Crippen LogP contribution in [0.3, 0.4) is 0 Å². The zero-order valence-electron chi connectivity index (χ0n) is 11.5. The molecule has 1 aromatic carbocycles. The number of nitrogens with two attached hydrogens (primary N) is 1. The number of methoxy groups -OCH3 is 1. The molecule has 0 bridgehead atoms. The molecule has 106 valence electrons. The molecular weight excluding hydrogens is 244 g/mol. The third-order valence-corrected chi connectivity index (χ3v) is 2.65. The van der Waals surface area contributed by atoms with Crippen molar-refractivity contribution in [2.75, 3.05) is 26.9 Å². The lowest BCUT2D eigenvalue weighted by Gasteiger charge is -2.18. The van der Waals surface area contributed by atoms with Gasteiger partial charge in [0.1, 0.15) is 5.75 Å². The second kappa shape index (κ2) is 8.50. The van der Waals surface area contributed by atoms with Crippen LogP contribution in [0.5, 0.6) is 5.75 Å². The predicted octanol–water partition coefficient (Wildman–Crippen LogP) is 1.18. The van der Waals surface area contributed by atoms with Crippen molar-refractivity contribution in [2.24, 2.45) is 5.73 Å². The van der Waals surface area contributed by atoms with Gasteiger partial charge in [0.05, 0.1) is 24.8 Å². The molecule has 0 saturated heterocycles. The Bertz CT molecular complexity index is 390. The quantitative estimate of drug-likeness (QED) is 0.741. The van der Waals surface area contributed by atoms with Gasteiger partial charge in [-0.2, -0.15) is 0 Å². The van der Waals surface area contributed by atoms with Crippen LogP contribution >= 0.6 is 0 Å². The van der Waals surface area contributed by atoms with Gasteiger partial charge in [-0.15, -0.1) is 0 Å². The number of nitrogens with one attached hydrogen (secondary N) is 1. The minimum atomic E-state index is -0.167. The highest BCUT2D eigenvalue weighted by Crippen LogP contribution is 2.17. The maximum Gasteiger partial charge on any atom is 0.255 e. The van der Waals surface area contributed by atoms with Crippen LogP contribution in [0.4, 0.5) is 0 Å². The molecule has 19 heavy (non-hydrogen) atoms. The summed E-state index contributed by atoms with van der Waals surface area (Å²) in [6.45, 7) is 3.35. The van der Waals surface area contributed by atoms with Crippen molar-refractivity contribution in [2.45, 2.75) is 19.4 Å². The number of benzene rings is 1. The van der Waals surface area contributed by atoms with Gasteiger partial charge < -0.3 is 20.5 Å². The average molecular weight is 266 g/mol. The van der Waals surface area contributed by atoms with E-state index in [1.165, 1.54) is 0 Å². The standard InChI is InChI=1S/C14H22N2O3/c1-3-19-13-7-5-4-6-12(13)14(17)16-11(8-9-15)10-18-2/h4-7,11H,3,8-10,15H2,1-2H3,(H,16,17). The van der Waals surface area contributed by atoms with Crippen molar-refractivity contribution in [1.29, 1.82) is 0 Å². The molecule has 1 aromatic rings. The van der Waals surface area contributed by atoms with Gasteiger partial charge in [0, 0.05) is 7.11 Å². The first kappa shape index (κ1) is 15.5. The largest absolute Gasteiger partial charge is 0.493 e. The maximum atomic E-state index is 12.2. The van der Waals surface area contributed by atoms with Crippen LogP contribution in [-0.4, -0.2) is 38.8 Å². The normalized spacial score (nSPS) is 11.9. The lowest BCUT2D eigenvalue weighted by Crippen LogP contribution is -2.39. The summed E-state index contributed by atoms with van der Waals surface area (Å²) < 4.78 is 10.5. The first-order valence-electron chi connectivity index (χ1n) is 6.44. The Morgan fingerprint density at radius 2 is 2.16 bits per heavy atom. The molecule has 1 rings (SSSR count). The van der Waals surface area contributed by atoms with Gasteiger partial charge >= 0.3 is 0 Å². The van der Waals surface area contributed by atoms with Crippen LogP contribution in [0.1, 0.15) is 23.7 Å². The summed E-state index contributed by atoms with van der Waals surface area (Å²) in [4.78, 5) is 12.2. The van der Waals surface area contributed by atoms with Gasteiger partial charge in [-0.05, 0) is 32.0 Å². The molecule has 1 unspecified atom stereocenters. The number of carbonyl (C=O) groups is 1. The summed E-state index contributed by atoms with van der Waals surface area (Å²) in [6, 6.07) is 7.09. The van der Waals surface area contributed by atoms with E-state index >= 15 is 0 Å². The van der Waals surface area contributed by atoms with E-state index in [2.05, 4.69) is 5.32 Å². The topological polar surface area (TPSA) is 73.6 Å². The van der Waals surface area contributed by atoms with Gasteiger partial charge in [0.2, 0.25) is 0 Å². The van der Waals surface area contributed by atoms with E-state index < -0.39 is 0 Å². The second-order valence-electron chi connectivity index (χ2n) is 4.13. The summed E-state index contributed by atoms with van der Waals surface area (Å²) >= 11 is 0. The van der Waals surface area contributed by atoms with E-state index in [4.69, 9.17) is 15.2 Å².